The number of ether oxygens (including phenoxy) is 3. The van der Waals surface area contributed by atoms with Gasteiger partial charge in [0.15, 0.2) is 5.79 Å². The van der Waals surface area contributed by atoms with Crippen molar-refractivity contribution < 1.29 is 28.5 Å². The summed E-state index contributed by atoms with van der Waals surface area (Å²) in [6, 6.07) is 28.6. The molecule has 0 spiro atoms. The van der Waals surface area contributed by atoms with Crippen LogP contribution in [-0.2, 0) is 29.0 Å². The van der Waals surface area contributed by atoms with Crippen molar-refractivity contribution >= 4 is 14.2 Å². The third-order valence-corrected chi connectivity index (χ3v) is 16.8. The van der Waals surface area contributed by atoms with Gasteiger partial charge in [-0.2, -0.15) is 0 Å². The van der Waals surface area contributed by atoms with Crippen LogP contribution in [0.4, 0.5) is 0 Å². The van der Waals surface area contributed by atoms with E-state index in [1.54, 1.807) is 18.7 Å². The molecule has 11 heteroatoms. The van der Waals surface area contributed by atoms with Crippen LogP contribution < -0.4 is 0 Å². The van der Waals surface area contributed by atoms with E-state index in [0.717, 1.165) is 16.7 Å². The molecule has 1 aliphatic rings. The Morgan fingerprint density at radius 3 is 1.62 bits per heavy atom. The van der Waals surface area contributed by atoms with Gasteiger partial charge in [0.05, 0.1) is 12.7 Å². The molecule has 53 heavy (non-hydrogen) atoms. The van der Waals surface area contributed by atoms with Gasteiger partial charge in [-0.25, -0.2) is 0 Å². The molecule has 1 heterocycles. The smallest absolute Gasteiger partial charge is 0.234 e. The molecule has 1 aliphatic heterocycles. The van der Waals surface area contributed by atoms with Crippen LogP contribution in [0.5, 0.6) is 0 Å². The number of nitrogens with zero attached hydrogens (tertiary/aromatic N) is 4. The predicted molar refractivity (Wildman–Crippen MR) is 212 cm³/mol. The van der Waals surface area contributed by atoms with Crippen molar-refractivity contribution in [3.05, 3.63) is 118 Å². The molecule has 1 fully saturated rings. The number of aliphatic hydroxyl groups excluding tert-OH is 1. The van der Waals surface area contributed by atoms with Crippen LogP contribution in [0.25, 0.3) is 10.4 Å². The lowest BCUT2D eigenvalue weighted by Gasteiger charge is -2.47. The summed E-state index contributed by atoms with van der Waals surface area (Å²) in [6.45, 7) is 21.0. The average molecular weight is 745 g/mol. The van der Waals surface area contributed by atoms with Crippen molar-refractivity contribution in [2.24, 2.45) is 5.11 Å². The lowest BCUT2D eigenvalue weighted by molar-refractivity contribution is -0.166. The summed E-state index contributed by atoms with van der Waals surface area (Å²) in [4.78, 5) is 19.1. The fraction of sp³-hybridized carbons (Fsp3) is 0.548. The van der Waals surface area contributed by atoms with Crippen LogP contribution in [0.1, 0.15) is 85.9 Å². The lowest BCUT2D eigenvalue weighted by atomic mass is 9.80. The van der Waals surface area contributed by atoms with Crippen molar-refractivity contribution in [1.82, 2.24) is 4.90 Å². The normalized spacial score (nSPS) is 19.2. The van der Waals surface area contributed by atoms with E-state index in [4.69, 9.17) is 18.6 Å². The summed E-state index contributed by atoms with van der Waals surface area (Å²) in [5.74, 6) is -1.52. The molecule has 0 aromatic heterocycles. The Balaban J connectivity index is 1.86. The Labute approximate surface area is 317 Å². The molecule has 0 radical (unpaired) electrons. The number of carbonyl (C=O) groups excluding carboxylic acids is 1. The maximum Gasteiger partial charge on any atom is 0.234 e. The van der Waals surface area contributed by atoms with Gasteiger partial charge in [-0.3, -0.25) is 4.79 Å². The number of likely N-dealkylation sites (N-methyl/N-ethyl adjacent to an activating group) is 1. The highest BCUT2D eigenvalue weighted by molar-refractivity contribution is 6.77. The number of hydrogen-bond donors (Lipinski definition) is 1. The minimum atomic E-state index is -2.74. The molecule has 0 unspecified atom stereocenters. The summed E-state index contributed by atoms with van der Waals surface area (Å²) in [6.07, 6.45) is -4.29. The topological polar surface area (TPSA) is 126 Å². The first-order chi connectivity index (χ1) is 25.2. The van der Waals surface area contributed by atoms with Crippen LogP contribution in [-0.4, -0.2) is 80.2 Å². The first-order valence-electron chi connectivity index (χ1n) is 19.0. The number of aliphatic hydroxyl groups is 1. The second-order valence-electron chi connectivity index (χ2n) is 15.3. The second-order valence-corrected chi connectivity index (χ2v) is 20.7. The first-order valence-corrected chi connectivity index (χ1v) is 21.2. The third kappa shape index (κ3) is 8.89. The highest BCUT2D eigenvalue weighted by Crippen LogP contribution is 2.46. The van der Waals surface area contributed by atoms with E-state index in [9.17, 15) is 15.4 Å². The maximum atomic E-state index is 14.3. The molecular formula is C42H60N4O6Si. The minimum absolute atomic E-state index is 0.144. The number of benzene rings is 3. The molecule has 1 N–H and O–H groups in total. The zero-order valence-electron chi connectivity index (χ0n) is 33.2. The Bertz CT molecular complexity index is 1510. The number of amides is 1. The summed E-state index contributed by atoms with van der Waals surface area (Å²) in [5.41, 5.74) is 11.9. The highest BCUT2D eigenvalue weighted by atomic mass is 28.4. The SMILES string of the molecule is CCN(CC)C(=O)[C@H](N=[N+]=[N-])[C@H](O[Si](C(C)C)(C(C)C)C(C)C)[C@@H]1OC(C)(C)O[C@@H]1[C@H](O)COC(c1ccccc1)(c1ccccc1)c1ccccc1. The van der Waals surface area contributed by atoms with E-state index in [1.165, 1.54) is 0 Å². The highest BCUT2D eigenvalue weighted by Gasteiger charge is 2.56. The van der Waals surface area contributed by atoms with Gasteiger partial charge in [0.25, 0.3) is 0 Å². The van der Waals surface area contributed by atoms with Crippen LogP contribution >= 0.6 is 0 Å². The van der Waals surface area contributed by atoms with Gasteiger partial charge in [-0.05, 0) is 66.5 Å². The molecule has 0 saturated carbocycles. The van der Waals surface area contributed by atoms with Crippen molar-refractivity contribution in [3.8, 4) is 0 Å². The van der Waals surface area contributed by atoms with Gasteiger partial charge in [-0.15, -0.1) is 0 Å². The molecular weight excluding hydrogens is 685 g/mol. The minimum Gasteiger partial charge on any atom is -0.409 e. The standard InChI is InChI=1S/C42H60N4O6Si/c1-11-46(12-2)40(48)36(44-45-43)38(52-53(29(3)4,30(5)6)31(7)8)39-37(50-41(9,10)51-39)35(47)28-49-42(32-22-16-13-17-23-32,33-24-18-14-19-25-33)34-26-20-15-21-27-34/h13-27,29-31,35-39,47H,11-12,28H2,1-10H3/t35-,36-,37-,38+,39-/m1/s1. The lowest BCUT2D eigenvalue weighted by Crippen LogP contribution is -2.60. The Hall–Kier alpha value is -3.54. The fourth-order valence-corrected chi connectivity index (χ4v) is 14.0. The van der Waals surface area contributed by atoms with Crippen molar-refractivity contribution in [3.63, 3.8) is 0 Å². The van der Waals surface area contributed by atoms with Gasteiger partial charge in [0.1, 0.15) is 30.0 Å². The van der Waals surface area contributed by atoms with E-state index in [-0.39, 0.29) is 29.1 Å². The largest absolute Gasteiger partial charge is 0.409 e. The molecule has 3 aromatic carbocycles. The van der Waals surface area contributed by atoms with E-state index < -0.39 is 50.2 Å². The summed E-state index contributed by atoms with van der Waals surface area (Å²) >= 11 is 0. The molecule has 0 aliphatic carbocycles. The van der Waals surface area contributed by atoms with Crippen LogP contribution in [0.15, 0.2) is 96.1 Å². The Morgan fingerprint density at radius 1 is 0.830 bits per heavy atom. The molecule has 1 saturated heterocycles. The molecule has 1 amide bonds. The third-order valence-electron chi connectivity index (χ3n) is 10.7. The fourth-order valence-electron chi connectivity index (χ4n) is 8.43. The quantitative estimate of drug-likeness (QED) is 0.0456. The predicted octanol–water partition coefficient (Wildman–Crippen LogP) is 8.98. The van der Waals surface area contributed by atoms with Gasteiger partial charge in [0, 0.05) is 18.0 Å². The molecule has 3 aromatic rings. The average Bonchev–Trinajstić information content (AvgIpc) is 3.47. The van der Waals surface area contributed by atoms with Crippen LogP contribution in [0, 0.1) is 0 Å². The molecule has 288 valence electrons. The van der Waals surface area contributed by atoms with E-state index >= 15 is 0 Å². The van der Waals surface area contributed by atoms with Crippen molar-refractivity contribution in [2.45, 2.75) is 128 Å². The number of rotatable bonds is 18. The van der Waals surface area contributed by atoms with Crippen LogP contribution in [0.2, 0.25) is 16.6 Å². The molecule has 0 bridgehead atoms. The molecule has 5 atom stereocenters. The Kier molecular flexibility index (Phi) is 14.5. The van der Waals surface area contributed by atoms with Gasteiger partial charge in [0.2, 0.25) is 14.2 Å². The number of carbonyl (C=O) groups is 1. The van der Waals surface area contributed by atoms with Crippen molar-refractivity contribution in [2.75, 3.05) is 19.7 Å². The first kappa shape index (κ1) is 42.2. The monoisotopic (exact) mass is 744 g/mol. The summed E-state index contributed by atoms with van der Waals surface area (Å²) < 4.78 is 27.6. The zero-order chi connectivity index (χ0) is 39.0. The van der Waals surface area contributed by atoms with Gasteiger partial charge >= 0.3 is 0 Å². The molecule has 4 rings (SSSR count). The zero-order valence-corrected chi connectivity index (χ0v) is 34.2. The van der Waals surface area contributed by atoms with Crippen LogP contribution in [0.3, 0.4) is 0 Å². The molecule has 10 nitrogen and oxygen atoms in total. The summed E-state index contributed by atoms with van der Waals surface area (Å²) in [5, 5.41) is 16.4. The summed E-state index contributed by atoms with van der Waals surface area (Å²) in [7, 11) is -2.74. The Morgan fingerprint density at radius 2 is 1.25 bits per heavy atom. The van der Waals surface area contributed by atoms with E-state index in [0.29, 0.717) is 13.1 Å². The number of azide groups is 1. The van der Waals surface area contributed by atoms with Gasteiger partial charge in [-0.1, -0.05) is 138 Å². The number of hydrogen-bond acceptors (Lipinski definition) is 7. The second kappa shape index (κ2) is 18.2. The maximum absolute atomic E-state index is 14.3. The van der Waals surface area contributed by atoms with E-state index in [2.05, 4.69) is 51.6 Å². The van der Waals surface area contributed by atoms with Gasteiger partial charge < -0.3 is 28.6 Å². The van der Waals surface area contributed by atoms with Crippen molar-refractivity contribution in [1.29, 1.82) is 0 Å². The van der Waals surface area contributed by atoms with E-state index in [1.807, 2.05) is 105 Å².